The Kier molecular flexibility index (Phi) is 13.2. The first-order chi connectivity index (χ1) is 14.0. The molecule has 0 saturated heterocycles. The Labute approximate surface area is 192 Å². The van der Waals surface area contributed by atoms with Crippen LogP contribution in [0.1, 0.15) is 75.1 Å². The molecule has 0 heterocycles. The SMILES string of the molecule is CCCOCCOc1c[c-]c(/C=C/c2c(C(C)C)cccc2C(C)C)cc1.[Cl][Pd+]. The molecule has 2 nitrogen and oxygen atoms in total. The molecule has 2 rings (SSSR count). The van der Waals surface area contributed by atoms with Crippen LogP contribution in [0.15, 0.2) is 36.4 Å². The number of ether oxygens (including phenoxy) is 2. The van der Waals surface area contributed by atoms with Crippen molar-refractivity contribution in [1.82, 2.24) is 0 Å². The van der Waals surface area contributed by atoms with E-state index in [2.05, 4.69) is 98.7 Å². The fourth-order valence-corrected chi connectivity index (χ4v) is 3.06. The van der Waals surface area contributed by atoms with E-state index in [1.54, 1.807) is 0 Å². The van der Waals surface area contributed by atoms with Crippen LogP contribution in [0, 0.1) is 6.07 Å². The van der Waals surface area contributed by atoms with Crippen molar-refractivity contribution in [2.24, 2.45) is 0 Å². The summed E-state index contributed by atoms with van der Waals surface area (Å²) >= 11 is 2.22. The van der Waals surface area contributed by atoms with Crippen molar-refractivity contribution in [2.75, 3.05) is 19.8 Å². The minimum absolute atomic E-state index is 0.498. The van der Waals surface area contributed by atoms with E-state index in [0.29, 0.717) is 25.0 Å². The number of rotatable bonds is 10. The molecule has 2 aromatic carbocycles. The molecule has 2 aromatic rings. The number of hydrogen-bond acceptors (Lipinski definition) is 2. The molecule has 0 radical (unpaired) electrons. The molecule has 0 aliphatic carbocycles. The summed E-state index contributed by atoms with van der Waals surface area (Å²) in [6, 6.07) is 15.9. The van der Waals surface area contributed by atoms with Crippen molar-refractivity contribution >= 4 is 21.7 Å². The van der Waals surface area contributed by atoms with Crippen molar-refractivity contribution in [3.63, 3.8) is 0 Å². The van der Waals surface area contributed by atoms with Gasteiger partial charge in [-0.25, -0.2) is 0 Å². The molecule has 162 valence electrons. The molecule has 0 N–H and O–H groups in total. The molecular formula is C25H33ClO2Pd. The Morgan fingerprint density at radius 2 is 1.59 bits per heavy atom. The number of halogens is 1. The molecule has 0 saturated carbocycles. The zero-order valence-electron chi connectivity index (χ0n) is 18.1. The Hall–Kier alpha value is -1.11. The van der Waals surface area contributed by atoms with Crippen molar-refractivity contribution in [3.05, 3.63) is 64.7 Å². The van der Waals surface area contributed by atoms with Gasteiger partial charge in [-0.2, -0.15) is 5.56 Å². The monoisotopic (exact) mass is 506 g/mol. The van der Waals surface area contributed by atoms with Gasteiger partial charge in [0.2, 0.25) is 0 Å². The molecule has 0 atom stereocenters. The fraction of sp³-hybridized carbons (Fsp3) is 0.440. The van der Waals surface area contributed by atoms with E-state index in [0.717, 1.165) is 24.3 Å². The van der Waals surface area contributed by atoms with E-state index in [1.807, 2.05) is 18.2 Å². The van der Waals surface area contributed by atoms with Crippen molar-refractivity contribution in [3.8, 4) is 5.75 Å². The van der Waals surface area contributed by atoms with E-state index in [4.69, 9.17) is 9.47 Å². The van der Waals surface area contributed by atoms with Crippen LogP contribution in [-0.4, -0.2) is 19.8 Å². The van der Waals surface area contributed by atoms with E-state index in [1.165, 1.54) is 16.7 Å². The van der Waals surface area contributed by atoms with Gasteiger partial charge in [-0.1, -0.05) is 58.9 Å². The second-order valence-electron chi connectivity index (χ2n) is 7.43. The maximum atomic E-state index is 5.69. The van der Waals surface area contributed by atoms with Crippen molar-refractivity contribution < 1.29 is 27.7 Å². The summed E-state index contributed by atoms with van der Waals surface area (Å²) in [5.74, 6) is 1.83. The van der Waals surface area contributed by atoms with Crippen LogP contribution in [0.4, 0.5) is 0 Å². The third-order valence-electron chi connectivity index (χ3n) is 4.50. The van der Waals surface area contributed by atoms with E-state index in [9.17, 15) is 0 Å². The molecular weight excluding hydrogens is 474 g/mol. The van der Waals surface area contributed by atoms with Crippen LogP contribution >= 0.6 is 9.53 Å². The van der Waals surface area contributed by atoms with Gasteiger partial charge in [0.1, 0.15) is 0 Å². The molecule has 4 heteroatoms. The summed E-state index contributed by atoms with van der Waals surface area (Å²) in [5.41, 5.74) is 5.18. The molecule has 29 heavy (non-hydrogen) atoms. The van der Waals surface area contributed by atoms with Gasteiger partial charge in [0, 0.05) is 12.4 Å². The van der Waals surface area contributed by atoms with Gasteiger partial charge in [-0.3, -0.25) is 0 Å². The van der Waals surface area contributed by atoms with Crippen LogP contribution in [-0.2, 0) is 22.9 Å². The Morgan fingerprint density at radius 3 is 2.10 bits per heavy atom. The van der Waals surface area contributed by atoms with Crippen LogP contribution in [0.5, 0.6) is 5.75 Å². The predicted molar refractivity (Wildman–Crippen MR) is 121 cm³/mol. The van der Waals surface area contributed by atoms with Crippen LogP contribution in [0.3, 0.4) is 0 Å². The quantitative estimate of drug-likeness (QED) is 0.144. The van der Waals surface area contributed by atoms with E-state index >= 15 is 0 Å². The molecule has 0 bridgehead atoms. The second-order valence-corrected chi connectivity index (χ2v) is 7.43. The first-order valence-electron chi connectivity index (χ1n) is 10.2. The van der Waals surface area contributed by atoms with Gasteiger partial charge in [0.25, 0.3) is 0 Å². The summed E-state index contributed by atoms with van der Waals surface area (Å²) in [7, 11) is 4.49. The first kappa shape index (κ1) is 25.9. The number of benzene rings is 2. The molecule has 0 unspecified atom stereocenters. The van der Waals surface area contributed by atoms with Gasteiger partial charge in [0.05, 0.1) is 13.2 Å². The summed E-state index contributed by atoms with van der Waals surface area (Å²) in [4.78, 5) is 0. The Morgan fingerprint density at radius 1 is 0.931 bits per heavy atom. The Balaban J connectivity index is 0.00000204. The van der Waals surface area contributed by atoms with Crippen molar-refractivity contribution in [2.45, 2.75) is 52.9 Å². The minimum atomic E-state index is 0.498. The summed E-state index contributed by atoms with van der Waals surface area (Å²) in [6.07, 6.45) is 5.41. The average Bonchev–Trinajstić information content (AvgIpc) is 2.74. The zero-order chi connectivity index (χ0) is 21.6. The third-order valence-corrected chi connectivity index (χ3v) is 4.50. The van der Waals surface area contributed by atoms with E-state index in [-0.39, 0.29) is 0 Å². The summed E-state index contributed by atoms with van der Waals surface area (Å²) in [6.45, 7) is 13.1. The third kappa shape index (κ3) is 9.06. The van der Waals surface area contributed by atoms with E-state index < -0.39 is 0 Å². The van der Waals surface area contributed by atoms with Gasteiger partial charge < -0.3 is 9.47 Å². The topological polar surface area (TPSA) is 18.5 Å². The normalized spacial score (nSPS) is 11.1. The summed E-state index contributed by atoms with van der Waals surface area (Å²) < 4.78 is 11.1. The van der Waals surface area contributed by atoms with Crippen LogP contribution in [0.2, 0.25) is 0 Å². The van der Waals surface area contributed by atoms with Gasteiger partial charge >= 0.3 is 27.7 Å². The molecule has 0 aliphatic heterocycles. The Bertz CT molecular complexity index is 698. The fourth-order valence-electron chi connectivity index (χ4n) is 3.06. The van der Waals surface area contributed by atoms with Gasteiger partial charge in [-0.05, 0) is 34.9 Å². The predicted octanol–water partition coefficient (Wildman–Crippen LogP) is 7.40. The second kappa shape index (κ2) is 14.8. The van der Waals surface area contributed by atoms with Crippen LogP contribution < -0.4 is 4.74 Å². The van der Waals surface area contributed by atoms with Gasteiger partial charge in [0.15, 0.2) is 0 Å². The molecule has 0 fully saturated rings. The zero-order valence-corrected chi connectivity index (χ0v) is 20.4. The molecule has 0 aromatic heterocycles. The van der Waals surface area contributed by atoms with Crippen LogP contribution in [0.25, 0.3) is 12.2 Å². The first-order valence-corrected chi connectivity index (χ1v) is 12.2. The standard InChI is InChI=1S/C25H33O2.ClH.Pd/c1-6-16-26-17-18-27-22-13-10-21(11-14-22)12-15-25-23(19(2)3)8-7-9-24(25)20(4)5;;/h7-10,12-15,19-20H,6,16-18H2,1-5H3;1H;/q-1;;+2/p-1/b15-12+;;. The number of hydrogen-bond donors (Lipinski definition) is 0. The summed E-state index contributed by atoms with van der Waals surface area (Å²) in [5, 5.41) is 0. The van der Waals surface area contributed by atoms with Crippen molar-refractivity contribution in [1.29, 1.82) is 0 Å². The molecule has 0 amide bonds. The van der Waals surface area contributed by atoms with Gasteiger partial charge in [-0.15, -0.1) is 30.3 Å². The molecule has 0 spiro atoms. The molecule has 0 aliphatic rings. The average molecular weight is 507 g/mol. The maximum absolute atomic E-state index is 5.69.